The third-order valence-electron chi connectivity index (χ3n) is 7.06. The van der Waals surface area contributed by atoms with E-state index in [1.54, 1.807) is 0 Å². The zero-order valence-electron chi connectivity index (χ0n) is 17.7. The number of fused-ring (bicyclic) bond motifs is 7. The Bertz CT molecular complexity index is 1730. The van der Waals surface area contributed by atoms with Crippen molar-refractivity contribution >= 4 is 55.4 Å². The van der Waals surface area contributed by atoms with Crippen molar-refractivity contribution in [2.45, 2.75) is 18.8 Å². The summed E-state index contributed by atoms with van der Waals surface area (Å²) in [4.78, 5) is 0. The summed E-state index contributed by atoms with van der Waals surface area (Å²) in [6.45, 7) is 2.24. The Morgan fingerprint density at radius 2 is 1.56 bits per heavy atom. The van der Waals surface area contributed by atoms with Crippen molar-refractivity contribution in [3.63, 3.8) is 0 Å². The molecule has 1 aliphatic rings. The molecule has 0 aliphatic heterocycles. The predicted octanol–water partition coefficient (Wildman–Crippen LogP) is 7.79. The molecule has 3 nitrogen and oxygen atoms in total. The van der Waals surface area contributed by atoms with Crippen molar-refractivity contribution in [3.8, 4) is 0 Å². The average Bonchev–Trinajstić information content (AvgIpc) is 3.37. The maximum absolute atomic E-state index is 6.53. The molecule has 154 valence electrons. The molecule has 0 radical (unpaired) electrons. The van der Waals surface area contributed by atoms with Crippen molar-refractivity contribution in [1.82, 2.24) is 0 Å². The Morgan fingerprint density at radius 1 is 0.781 bits per heavy atom. The maximum atomic E-state index is 6.53. The van der Waals surface area contributed by atoms with E-state index in [1.807, 2.05) is 12.1 Å². The van der Waals surface area contributed by atoms with Crippen LogP contribution in [0.25, 0.3) is 49.8 Å². The fourth-order valence-electron chi connectivity index (χ4n) is 5.39. The largest absolute Gasteiger partial charge is 0.457 e. The lowest BCUT2D eigenvalue weighted by molar-refractivity contribution is 0.424. The number of hydrogen-bond donors (Lipinski definition) is 1. The van der Waals surface area contributed by atoms with Gasteiger partial charge in [-0.1, -0.05) is 66.7 Å². The summed E-state index contributed by atoms with van der Waals surface area (Å²) in [5.41, 5.74) is 11.4. The first-order chi connectivity index (χ1) is 15.6. The van der Waals surface area contributed by atoms with Crippen LogP contribution in [-0.2, 0) is 5.41 Å². The van der Waals surface area contributed by atoms with E-state index in [9.17, 15) is 0 Å². The van der Waals surface area contributed by atoms with E-state index in [-0.39, 0.29) is 5.41 Å². The Labute approximate surface area is 184 Å². The zero-order chi connectivity index (χ0) is 21.4. The molecule has 0 spiro atoms. The molecule has 2 aromatic heterocycles. The highest BCUT2D eigenvalue weighted by molar-refractivity contribution is 6.11. The first-order valence-corrected chi connectivity index (χ1v) is 11.0. The summed E-state index contributed by atoms with van der Waals surface area (Å²) in [6.07, 6.45) is 5.22. The maximum Gasteiger partial charge on any atom is 0.157 e. The third kappa shape index (κ3) is 2.20. The quantitative estimate of drug-likeness (QED) is 0.279. The molecule has 6 aromatic rings. The molecule has 1 unspecified atom stereocenters. The Balaban J connectivity index is 1.54. The molecule has 32 heavy (non-hydrogen) atoms. The second-order valence-electron chi connectivity index (χ2n) is 8.99. The van der Waals surface area contributed by atoms with E-state index in [0.717, 1.165) is 56.2 Å². The molecule has 4 aromatic carbocycles. The minimum absolute atomic E-state index is 0.359. The van der Waals surface area contributed by atoms with Crippen LogP contribution in [0.2, 0.25) is 0 Å². The molecule has 1 atom stereocenters. The van der Waals surface area contributed by atoms with E-state index in [4.69, 9.17) is 14.6 Å². The fourth-order valence-corrected chi connectivity index (χ4v) is 5.39. The average molecular weight is 415 g/mol. The monoisotopic (exact) mass is 415 g/mol. The summed E-state index contributed by atoms with van der Waals surface area (Å²) in [7, 11) is 0. The van der Waals surface area contributed by atoms with Crippen LogP contribution in [0.15, 0.2) is 87.7 Å². The normalized spacial score (nSPS) is 18.2. The smallest absolute Gasteiger partial charge is 0.157 e. The van der Waals surface area contributed by atoms with Crippen molar-refractivity contribution in [2.24, 2.45) is 0 Å². The second-order valence-corrected chi connectivity index (χ2v) is 8.99. The summed E-state index contributed by atoms with van der Waals surface area (Å²) in [5, 5.41) is 5.74. The topological polar surface area (TPSA) is 52.3 Å². The van der Waals surface area contributed by atoms with Gasteiger partial charge in [-0.15, -0.1) is 0 Å². The number of anilines is 1. The van der Waals surface area contributed by atoms with Crippen LogP contribution in [0.3, 0.4) is 0 Å². The summed E-state index contributed by atoms with van der Waals surface area (Å²) >= 11 is 0. The second kappa shape index (κ2) is 6.04. The minimum Gasteiger partial charge on any atom is -0.457 e. The van der Waals surface area contributed by atoms with Gasteiger partial charge in [-0.05, 0) is 42.3 Å². The Morgan fingerprint density at radius 3 is 2.44 bits per heavy atom. The summed E-state index contributed by atoms with van der Waals surface area (Å²) in [6, 6.07) is 25.2. The molecule has 0 fully saturated rings. The van der Waals surface area contributed by atoms with Crippen LogP contribution >= 0.6 is 0 Å². The molecular weight excluding hydrogens is 394 g/mol. The number of hydrogen-bond acceptors (Lipinski definition) is 3. The van der Waals surface area contributed by atoms with Gasteiger partial charge in [0, 0.05) is 27.3 Å². The van der Waals surface area contributed by atoms with Gasteiger partial charge in [-0.25, -0.2) is 0 Å². The van der Waals surface area contributed by atoms with Crippen LogP contribution in [0.5, 0.6) is 0 Å². The van der Waals surface area contributed by atoms with E-state index < -0.39 is 0 Å². The molecule has 1 aliphatic carbocycles. The van der Waals surface area contributed by atoms with Gasteiger partial charge < -0.3 is 14.6 Å². The predicted molar refractivity (Wildman–Crippen MR) is 132 cm³/mol. The first kappa shape index (κ1) is 17.7. The highest BCUT2D eigenvalue weighted by Gasteiger charge is 2.39. The van der Waals surface area contributed by atoms with Crippen LogP contribution in [0, 0.1) is 0 Å². The number of furan rings is 2. The molecular formula is C29H21NO2. The van der Waals surface area contributed by atoms with Crippen LogP contribution in [0.4, 0.5) is 5.69 Å². The molecule has 7 rings (SSSR count). The number of nitrogens with two attached hydrogens (primary N) is 1. The Hall–Kier alpha value is -3.98. The van der Waals surface area contributed by atoms with Crippen LogP contribution in [0.1, 0.15) is 30.2 Å². The van der Waals surface area contributed by atoms with E-state index >= 15 is 0 Å². The van der Waals surface area contributed by atoms with Gasteiger partial charge in [0.05, 0.1) is 11.1 Å². The van der Waals surface area contributed by atoms with Gasteiger partial charge in [-0.2, -0.15) is 0 Å². The van der Waals surface area contributed by atoms with Crippen molar-refractivity contribution in [3.05, 3.63) is 95.8 Å². The lowest BCUT2D eigenvalue weighted by Gasteiger charge is -2.30. The molecule has 2 N–H and O–H groups in total. The number of para-hydroxylation sites is 2. The molecule has 0 bridgehead atoms. The summed E-state index contributed by atoms with van der Waals surface area (Å²) in [5.74, 6) is 0.950. The molecule has 3 heteroatoms. The van der Waals surface area contributed by atoms with Crippen LogP contribution < -0.4 is 5.73 Å². The third-order valence-corrected chi connectivity index (χ3v) is 7.06. The van der Waals surface area contributed by atoms with Crippen LogP contribution in [-0.4, -0.2) is 0 Å². The molecule has 0 saturated carbocycles. The van der Waals surface area contributed by atoms with Gasteiger partial charge in [0.25, 0.3) is 0 Å². The van der Waals surface area contributed by atoms with Gasteiger partial charge in [0.15, 0.2) is 5.58 Å². The molecule has 0 saturated heterocycles. The number of allylic oxidation sites excluding steroid dienone is 1. The fraction of sp³-hybridized carbons (Fsp3) is 0.103. The van der Waals surface area contributed by atoms with Gasteiger partial charge in [-0.3, -0.25) is 0 Å². The number of benzene rings is 4. The summed E-state index contributed by atoms with van der Waals surface area (Å²) < 4.78 is 13.0. The highest BCUT2D eigenvalue weighted by Crippen LogP contribution is 2.48. The van der Waals surface area contributed by atoms with Gasteiger partial charge in [0.1, 0.15) is 16.9 Å². The van der Waals surface area contributed by atoms with Gasteiger partial charge in [0.2, 0.25) is 0 Å². The van der Waals surface area contributed by atoms with Crippen molar-refractivity contribution in [2.75, 3.05) is 5.73 Å². The SMILES string of the molecule is CC1(c2cccc3c2oc2cc4ccccc4cc23)CC=Cc2c1oc1c(N)cccc21. The Kier molecular flexibility index (Phi) is 3.34. The van der Waals surface area contributed by atoms with Gasteiger partial charge >= 0.3 is 0 Å². The standard InChI is InChI=1S/C29H21NO2/c1-29(14-6-11-21-19-10-5-13-24(30)27(19)32-28(21)29)23-12-4-9-20-22-15-17-7-2-3-8-18(17)16-25(22)31-26(20)23/h2-13,15-16H,14,30H2,1H3. The first-order valence-electron chi connectivity index (χ1n) is 11.0. The zero-order valence-corrected chi connectivity index (χ0v) is 17.7. The van der Waals surface area contributed by atoms with E-state index in [0.29, 0.717) is 5.69 Å². The van der Waals surface area contributed by atoms with Crippen molar-refractivity contribution in [1.29, 1.82) is 0 Å². The van der Waals surface area contributed by atoms with Crippen molar-refractivity contribution < 1.29 is 8.83 Å². The minimum atomic E-state index is -0.359. The lowest BCUT2D eigenvalue weighted by atomic mass is 9.73. The lowest BCUT2D eigenvalue weighted by Crippen LogP contribution is -2.25. The number of nitrogen functional groups attached to an aromatic ring is 1. The molecule has 2 heterocycles. The van der Waals surface area contributed by atoms with E-state index in [2.05, 4.69) is 79.7 Å². The molecule has 0 amide bonds. The van der Waals surface area contributed by atoms with E-state index in [1.165, 1.54) is 10.8 Å². The highest BCUT2D eigenvalue weighted by atomic mass is 16.3. The number of rotatable bonds is 1.